The van der Waals surface area contributed by atoms with Crippen molar-refractivity contribution in [2.75, 3.05) is 18.0 Å². The highest BCUT2D eigenvalue weighted by molar-refractivity contribution is 6.99. The number of aromatic nitrogens is 1. The lowest BCUT2D eigenvalue weighted by molar-refractivity contribution is -0.00553. The van der Waals surface area contributed by atoms with Crippen molar-refractivity contribution in [3.63, 3.8) is 0 Å². The third kappa shape index (κ3) is 6.05. The molecule has 0 N–H and O–H groups in total. The fourth-order valence-corrected chi connectivity index (χ4v) is 10.8. The Morgan fingerprint density at radius 2 is 1.44 bits per heavy atom. The second kappa shape index (κ2) is 12.5. The van der Waals surface area contributed by atoms with Crippen molar-refractivity contribution in [1.82, 2.24) is 4.98 Å². The molecule has 3 aromatic carbocycles. The molecule has 0 spiro atoms. The lowest BCUT2D eigenvalue weighted by Gasteiger charge is -2.43. The summed E-state index contributed by atoms with van der Waals surface area (Å²) in [6.07, 6.45) is 2.54. The molecule has 0 bridgehead atoms. The van der Waals surface area contributed by atoms with Gasteiger partial charge >= 0.3 is 0 Å². The number of carbonyl (C=O) groups excluding carboxylic acids is 1. The largest absolute Gasteiger partial charge is 0.403 e. The summed E-state index contributed by atoms with van der Waals surface area (Å²) in [4.78, 5) is 19.2. The van der Waals surface area contributed by atoms with Crippen molar-refractivity contribution in [2.24, 2.45) is 0 Å². The molecule has 1 saturated heterocycles. The quantitative estimate of drug-likeness (QED) is 0.176. The Morgan fingerprint density at radius 3 is 1.95 bits per heavy atom. The molecule has 5 nitrogen and oxygen atoms in total. The Hall–Kier alpha value is -3.72. The highest BCUT2D eigenvalue weighted by atomic mass is 28.4. The first-order valence-corrected chi connectivity index (χ1v) is 16.5. The van der Waals surface area contributed by atoms with Crippen LogP contribution in [0.25, 0.3) is 0 Å². The van der Waals surface area contributed by atoms with Gasteiger partial charge in [-0.2, -0.15) is 0 Å². The molecule has 4 aromatic rings. The Morgan fingerprint density at radius 1 is 0.907 bits per heavy atom. The average molecular weight is 601 g/mol. The molecular formula is C35H38F2N2O3Si. The minimum absolute atomic E-state index is 0.0173. The highest BCUT2D eigenvalue weighted by Gasteiger charge is 2.50. The maximum Gasteiger partial charge on any atom is 0.261 e. The third-order valence-electron chi connectivity index (χ3n) is 8.04. The van der Waals surface area contributed by atoms with Crippen molar-refractivity contribution in [3.8, 4) is 0 Å². The predicted molar refractivity (Wildman–Crippen MR) is 169 cm³/mol. The Bertz CT molecular complexity index is 1510. The molecule has 224 valence electrons. The molecule has 1 fully saturated rings. The number of ketones is 1. The van der Waals surface area contributed by atoms with Gasteiger partial charge < -0.3 is 14.1 Å². The van der Waals surface area contributed by atoms with E-state index in [1.54, 1.807) is 0 Å². The van der Waals surface area contributed by atoms with Gasteiger partial charge in [-0.15, -0.1) is 0 Å². The molecule has 1 aliphatic heterocycles. The van der Waals surface area contributed by atoms with Crippen LogP contribution in [0.1, 0.15) is 56.1 Å². The molecule has 2 atom stereocenters. The van der Waals surface area contributed by atoms with E-state index in [0.717, 1.165) is 10.4 Å². The molecule has 8 heteroatoms. The SMILES string of the molecule is CC1CN(c2c(CO[Si](c3ccccc3)(c3ccccc3)C(C)(C)C)cc(C(=O)c3ccncc3)c(F)c2F)CC(C)O1. The zero-order valence-electron chi connectivity index (χ0n) is 25.3. The molecule has 0 saturated carbocycles. The van der Waals surface area contributed by atoms with Crippen molar-refractivity contribution >= 4 is 30.2 Å². The van der Waals surface area contributed by atoms with E-state index in [2.05, 4.69) is 50.0 Å². The zero-order valence-corrected chi connectivity index (χ0v) is 26.3. The number of pyridine rings is 1. The molecule has 43 heavy (non-hydrogen) atoms. The van der Waals surface area contributed by atoms with Gasteiger partial charge in [-0.1, -0.05) is 81.4 Å². The van der Waals surface area contributed by atoms with Crippen molar-refractivity contribution in [3.05, 3.63) is 120 Å². The van der Waals surface area contributed by atoms with Crippen molar-refractivity contribution in [2.45, 2.75) is 58.5 Å². The van der Waals surface area contributed by atoms with Gasteiger partial charge in [-0.3, -0.25) is 9.78 Å². The molecule has 2 heterocycles. The second-order valence-corrected chi connectivity index (χ2v) is 16.5. The summed E-state index contributed by atoms with van der Waals surface area (Å²) in [5, 5.41) is 1.81. The van der Waals surface area contributed by atoms with Crippen molar-refractivity contribution < 1.29 is 22.7 Å². The molecule has 5 rings (SSSR count). The van der Waals surface area contributed by atoms with E-state index in [4.69, 9.17) is 9.16 Å². The van der Waals surface area contributed by atoms with E-state index < -0.39 is 25.7 Å². The van der Waals surface area contributed by atoms with Gasteiger partial charge in [-0.25, -0.2) is 8.78 Å². The zero-order chi connectivity index (χ0) is 30.8. The smallest absolute Gasteiger partial charge is 0.261 e. The fraction of sp³-hybridized carbons (Fsp3) is 0.314. The van der Waals surface area contributed by atoms with Gasteiger partial charge in [-0.05, 0) is 47.5 Å². The number of halogens is 2. The van der Waals surface area contributed by atoms with E-state index >= 15 is 8.78 Å². The summed E-state index contributed by atoms with van der Waals surface area (Å²) in [6.45, 7) is 11.1. The third-order valence-corrected chi connectivity index (χ3v) is 13.0. The van der Waals surface area contributed by atoms with Gasteiger partial charge in [0.2, 0.25) is 0 Å². The van der Waals surface area contributed by atoms with Crippen LogP contribution in [0.2, 0.25) is 5.04 Å². The van der Waals surface area contributed by atoms with Gasteiger partial charge in [0.15, 0.2) is 17.4 Å². The first-order chi connectivity index (χ1) is 20.5. The van der Waals surface area contributed by atoms with Crippen LogP contribution in [0, 0.1) is 11.6 Å². The Balaban J connectivity index is 1.68. The summed E-state index contributed by atoms with van der Waals surface area (Å²) in [5.74, 6) is -2.83. The predicted octanol–water partition coefficient (Wildman–Crippen LogP) is 6.28. The molecular weight excluding hydrogens is 562 g/mol. The van der Waals surface area contributed by atoms with Gasteiger partial charge in [0.25, 0.3) is 8.32 Å². The first-order valence-electron chi connectivity index (χ1n) is 14.6. The van der Waals surface area contributed by atoms with Crippen LogP contribution in [-0.2, 0) is 15.8 Å². The molecule has 0 amide bonds. The minimum Gasteiger partial charge on any atom is -0.403 e. The van der Waals surface area contributed by atoms with Gasteiger partial charge in [0.1, 0.15) is 0 Å². The summed E-state index contributed by atoms with van der Waals surface area (Å²) in [5.41, 5.74) is 0.436. The van der Waals surface area contributed by atoms with Crippen LogP contribution in [0.5, 0.6) is 0 Å². The summed E-state index contributed by atoms with van der Waals surface area (Å²) in [6, 6.07) is 24.7. The lowest BCUT2D eigenvalue weighted by atomic mass is 9.99. The standard InChI is InChI=1S/C35H38F2N2O3Si/c1-24-21-39(22-25(2)42-24)33-27(20-30(31(36)32(33)37)34(40)26-16-18-38-19-17-26)23-41-43(35(3,4)5,28-12-8-6-9-13-28)29-14-10-7-11-15-29/h6-20,24-25H,21-23H2,1-5H3. The molecule has 2 unspecified atom stereocenters. The van der Waals surface area contributed by atoms with Gasteiger partial charge in [0.05, 0.1) is 30.1 Å². The van der Waals surface area contributed by atoms with E-state index in [-0.39, 0.29) is 40.7 Å². The molecule has 1 aromatic heterocycles. The Kier molecular flexibility index (Phi) is 8.92. The van der Waals surface area contributed by atoms with Crippen LogP contribution in [0.4, 0.5) is 14.5 Å². The van der Waals surface area contributed by atoms with Crippen LogP contribution in [0.3, 0.4) is 0 Å². The van der Waals surface area contributed by atoms with E-state index in [9.17, 15) is 4.79 Å². The number of benzene rings is 3. The number of ether oxygens (including phenoxy) is 1. The summed E-state index contributed by atoms with van der Waals surface area (Å²) in [7, 11) is -3.02. The number of hydrogen-bond donors (Lipinski definition) is 0. The number of anilines is 1. The minimum atomic E-state index is -3.02. The van der Waals surface area contributed by atoms with Crippen LogP contribution < -0.4 is 15.3 Å². The number of morpholine rings is 1. The molecule has 0 radical (unpaired) electrons. The summed E-state index contributed by atoms with van der Waals surface area (Å²) < 4.78 is 45.1. The summed E-state index contributed by atoms with van der Waals surface area (Å²) >= 11 is 0. The number of nitrogens with zero attached hydrogens (tertiary/aromatic N) is 2. The van der Waals surface area contributed by atoms with Crippen LogP contribution in [-0.4, -0.2) is 44.4 Å². The first kappa shape index (κ1) is 30.7. The molecule has 1 aliphatic rings. The maximum atomic E-state index is 16.3. The normalized spacial score (nSPS) is 17.6. The number of rotatable bonds is 8. The van der Waals surface area contributed by atoms with Gasteiger partial charge in [0, 0.05) is 36.6 Å². The van der Waals surface area contributed by atoms with E-state index in [0.29, 0.717) is 18.7 Å². The highest BCUT2D eigenvalue weighted by Crippen LogP contribution is 2.39. The van der Waals surface area contributed by atoms with E-state index in [1.807, 2.05) is 55.1 Å². The van der Waals surface area contributed by atoms with Crippen molar-refractivity contribution in [1.29, 1.82) is 0 Å². The molecule has 0 aliphatic carbocycles. The van der Waals surface area contributed by atoms with Crippen LogP contribution in [0.15, 0.2) is 91.3 Å². The monoisotopic (exact) mass is 600 g/mol. The second-order valence-electron chi connectivity index (χ2n) is 12.2. The Labute approximate surface area is 253 Å². The topological polar surface area (TPSA) is 51.7 Å². The van der Waals surface area contributed by atoms with E-state index in [1.165, 1.54) is 30.6 Å². The lowest BCUT2D eigenvalue weighted by Crippen LogP contribution is -2.66. The fourth-order valence-electron chi connectivity index (χ4n) is 6.25. The number of carbonyl (C=O) groups is 1. The van der Waals surface area contributed by atoms with Crippen LogP contribution >= 0.6 is 0 Å². The maximum absolute atomic E-state index is 16.3. The average Bonchev–Trinajstić information content (AvgIpc) is 2.99. The number of hydrogen-bond acceptors (Lipinski definition) is 5.